The molecular weight excluding hydrogens is 280 g/mol. The molecule has 0 saturated carbocycles. The number of nitrogens with one attached hydrogen (secondary N) is 1. The lowest BCUT2D eigenvalue weighted by atomic mass is 10.1. The number of phenolic OH excluding ortho intramolecular Hbond substituents is 2. The molecular formula is C17H14N2O3. The summed E-state index contributed by atoms with van der Waals surface area (Å²) in [6.07, 6.45) is 1.44. The van der Waals surface area contributed by atoms with Crippen LogP contribution in [0.25, 0.3) is 6.08 Å². The van der Waals surface area contributed by atoms with Gasteiger partial charge in [-0.15, -0.1) is 0 Å². The van der Waals surface area contributed by atoms with E-state index in [9.17, 15) is 15.0 Å². The van der Waals surface area contributed by atoms with Crippen molar-refractivity contribution in [2.24, 2.45) is 0 Å². The standard InChI is InChI=1S/C17H14N2O3/c1-11-8-15(21)6-7-16(11)19-17(22)13(10-18)9-12-2-4-14(20)5-3-12/h2-9,20-21H,1H3,(H,19,22)/b13-9+. The molecule has 0 spiro atoms. The maximum absolute atomic E-state index is 12.1. The normalized spacial score (nSPS) is 10.8. The minimum atomic E-state index is -0.538. The fourth-order valence-electron chi connectivity index (χ4n) is 1.86. The molecule has 5 heteroatoms. The smallest absolute Gasteiger partial charge is 0.266 e. The van der Waals surface area contributed by atoms with E-state index >= 15 is 0 Å². The quantitative estimate of drug-likeness (QED) is 0.461. The average molecular weight is 294 g/mol. The number of hydrogen-bond acceptors (Lipinski definition) is 4. The number of benzene rings is 2. The Kier molecular flexibility index (Phi) is 4.44. The summed E-state index contributed by atoms with van der Waals surface area (Å²) in [6, 6.07) is 12.6. The molecule has 3 N–H and O–H groups in total. The molecule has 0 radical (unpaired) electrons. The first-order valence-electron chi connectivity index (χ1n) is 6.51. The molecule has 110 valence electrons. The Morgan fingerprint density at radius 2 is 1.77 bits per heavy atom. The van der Waals surface area contributed by atoms with Gasteiger partial charge in [0.15, 0.2) is 0 Å². The average Bonchev–Trinajstić information content (AvgIpc) is 2.49. The number of phenols is 2. The second-order valence-electron chi connectivity index (χ2n) is 4.71. The van der Waals surface area contributed by atoms with E-state index in [2.05, 4.69) is 5.32 Å². The summed E-state index contributed by atoms with van der Waals surface area (Å²) in [6.45, 7) is 1.74. The molecule has 22 heavy (non-hydrogen) atoms. The van der Waals surface area contributed by atoms with Gasteiger partial charge in [-0.1, -0.05) is 12.1 Å². The summed E-state index contributed by atoms with van der Waals surface area (Å²) in [5, 5.41) is 30.3. The monoisotopic (exact) mass is 294 g/mol. The van der Waals surface area contributed by atoms with Crippen molar-refractivity contribution >= 4 is 17.7 Å². The van der Waals surface area contributed by atoms with Gasteiger partial charge in [0.2, 0.25) is 0 Å². The molecule has 0 fully saturated rings. The minimum Gasteiger partial charge on any atom is -0.508 e. The van der Waals surface area contributed by atoms with Crippen molar-refractivity contribution in [3.63, 3.8) is 0 Å². The largest absolute Gasteiger partial charge is 0.508 e. The fourth-order valence-corrected chi connectivity index (χ4v) is 1.86. The summed E-state index contributed by atoms with van der Waals surface area (Å²) in [7, 11) is 0. The van der Waals surface area contributed by atoms with Crippen LogP contribution in [-0.2, 0) is 4.79 Å². The zero-order chi connectivity index (χ0) is 16.1. The van der Waals surface area contributed by atoms with Crippen molar-refractivity contribution in [2.45, 2.75) is 6.92 Å². The zero-order valence-electron chi connectivity index (χ0n) is 11.9. The summed E-state index contributed by atoms with van der Waals surface area (Å²) >= 11 is 0. The molecule has 0 heterocycles. The Morgan fingerprint density at radius 1 is 1.14 bits per heavy atom. The molecule has 0 saturated heterocycles. The van der Waals surface area contributed by atoms with Crippen molar-refractivity contribution in [3.8, 4) is 17.6 Å². The summed E-state index contributed by atoms with van der Waals surface area (Å²) in [4.78, 5) is 12.1. The van der Waals surface area contributed by atoms with E-state index in [0.717, 1.165) is 0 Å². The Hall–Kier alpha value is -3.26. The van der Waals surface area contributed by atoms with Crippen LogP contribution in [0.1, 0.15) is 11.1 Å². The number of aryl methyl sites for hydroxylation is 1. The molecule has 5 nitrogen and oxygen atoms in total. The Bertz CT molecular complexity index is 771. The lowest BCUT2D eigenvalue weighted by molar-refractivity contribution is -0.112. The molecule has 2 rings (SSSR count). The van der Waals surface area contributed by atoms with Crippen LogP contribution in [0.5, 0.6) is 11.5 Å². The van der Waals surface area contributed by atoms with Crippen LogP contribution in [0.3, 0.4) is 0 Å². The van der Waals surface area contributed by atoms with Crippen molar-refractivity contribution < 1.29 is 15.0 Å². The lowest BCUT2D eigenvalue weighted by Crippen LogP contribution is -2.14. The molecule has 0 aromatic heterocycles. The van der Waals surface area contributed by atoms with Crippen LogP contribution in [-0.4, -0.2) is 16.1 Å². The van der Waals surface area contributed by atoms with E-state index in [4.69, 9.17) is 5.26 Å². The molecule has 0 unspecified atom stereocenters. The molecule has 1 amide bonds. The van der Waals surface area contributed by atoms with E-state index in [1.54, 1.807) is 25.1 Å². The van der Waals surface area contributed by atoms with E-state index in [0.29, 0.717) is 16.8 Å². The van der Waals surface area contributed by atoms with Crippen LogP contribution in [0, 0.1) is 18.3 Å². The molecule has 0 aliphatic rings. The van der Waals surface area contributed by atoms with E-state index in [-0.39, 0.29) is 17.1 Å². The van der Waals surface area contributed by atoms with Gasteiger partial charge in [0, 0.05) is 5.69 Å². The zero-order valence-corrected chi connectivity index (χ0v) is 11.9. The van der Waals surface area contributed by atoms with Crippen LogP contribution in [0.4, 0.5) is 5.69 Å². The van der Waals surface area contributed by atoms with Crippen molar-refractivity contribution in [1.82, 2.24) is 0 Å². The van der Waals surface area contributed by atoms with Crippen LogP contribution in [0.2, 0.25) is 0 Å². The maximum Gasteiger partial charge on any atom is 0.266 e. The summed E-state index contributed by atoms with van der Waals surface area (Å²) < 4.78 is 0. The first kappa shape index (κ1) is 15.1. The van der Waals surface area contributed by atoms with Gasteiger partial charge in [-0.2, -0.15) is 5.26 Å². The number of anilines is 1. The van der Waals surface area contributed by atoms with Gasteiger partial charge in [-0.25, -0.2) is 0 Å². The third-order valence-electron chi connectivity index (χ3n) is 3.03. The number of carbonyl (C=O) groups is 1. The molecule has 2 aromatic rings. The summed E-state index contributed by atoms with van der Waals surface area (Å²) in [5.41, 5.74) is 1.79. The number of hydrogen-bond donors (Lipinski definition) is 3. The van der Waals surface area contributed by atoms with Crippen molar-refractivity contribution in [1.29, 1.82) is 5.26 Å². The molecule has 2 aromatic carbocycles. The molecule has 0 aliphatic heterocycles. The first-order valence-corrected chi connectivity index (χ1v) is 6.51. The van der Waals surface area contributed by atoms with Gasteiger partial charge < -0.3 is 15.5 Å². The van der Waals surface area contributed by atoms with Gasteiger partial charge in [-0.3, -0.25) is 4.79 Å². The van der Waals surface area contributed by atoms with Gasteiger partial charge in [-0.05, 0) is 54.5 Å². The molecule has 0 bridgehead atoms. The van der Waals surface area contributed by atoms with Crippen molar-refractivity contribution in [2.75, 3.05) is 5.32 Å². The Labute approximate surface area is 127 Å². The second kappa shape index (κ2) is 6.46. The predicted molar refractivity (Wildman–Crippen MR) is 83.2 cm³/mol. The summed E-state index contributed by atoms with van der Waals surface area (Å²) in [5.74, 6) is -0.320. The highest BCUT2D eigenvalue weighted by atomic mass is 16.3. The number of amides is 1. The number of rotatable bonds is 3. The predicted octanol–water partition coefficient (Wildman–Crippen LogP) is 2.95. The van der Waals surface area contributed by atoms with Gasteiger partial charge in [0.05, 0.1) is 0 Å². The number of nitrogens with zero attached hydrogens (tertiary/aromatic N) is 1. The Morgan fingerprint density at radius 3 is 2.36 bits per heavy atom. The topological polar surface area (TPSA) is 93.4 Å². The maximum atomic E-state index is 12.1. The van der Waals surface area contributed by atoms with E-state index in [1.807, 2.05) is 6.07 Å². The highest BCUT2D eigenvalue weighted by molar-refractivity contribution is 6.10. The Balaban J connectivity index is 2.22. The van der Waals surface area contributed by atoms with Gasteiger partial charge in [0.1, 0.15) is 23.1 Å². The van der Waals surface area contributed by atoms with E-state index in [1.165, 1.54) is 30.3 Å². The highest BCUT2D eigenvalue weighted by Crippen LogP contribution is 2.21. The third kappa shape index (κ3) is 3.64. The number of carbonyl (C=O) groups excluding carboxylic acids is 1. The minimum absolute atomic E-state index is 0.0573. The fraction of sp³-hybridized carbons (Fsp3) is 0.0588. The highest BCUT2D eigenvalue weighted by Gasteiger charge is 2.11. The molecule has 0 atom stereocenters. The number of nitriles is 1. The lowest BCUT2D eigenvalue weighted by Gasteiger charge is -2.08. The van der Waals surface area contributed by atoms with Crippen molar-refractivity contribution in [3.05, 3.63) is 59.2 Å². The van der Waals surface area contributed by atoms with Gasteiger partial charge >= 0.3 is 0 Å². The molecule has 0 aliphatic carbocycles. The van der Waals surface area contributed by atoms with Crippen LogP contribution >= 0.6 is 0 Å². The SMILES string of the molecule is Cc1cc(O)ccc1NC(=O)/C(C#N)=C/c1ccc(O)cc1. The van der Waals surface area contributed by atoms with Crippen LogP contribution in [0.15, 0.2) is 48.0 Å². The number of aromatic hydroxyl groups is 2. The second-order valence-corrected chi connectivity index (χ2v) is 4.71. The first-order chi connectivity index (χ1) is 10.5. The van der Waals surface area contributed by atoms with Crippen LogP contribution < -0.4 is 5.32 Å². The van der Waals surface area contributed by atoms with Gasteiger partial charge in [0.25, 0.3) is 5.91 Å². The van der Waals surface area contributed by atoms with E-state index < -0.39 is 5.91 Å². The third-order valence-corrected chi connectivity index (χ3v) is 3.03.